The molecule has 0 spiro atoms. The minimum atomic E-state index is 0.378. The summed E-state index contributed by atoms with van der Waals surface area (Å²) in [6.07, 6.45) is 7.82. The molecule has 0 unspecified atom stereocenters. The zero-order chi connectivity index (χ0) is 11.8. The Balaban J connectivity index is 1.91. The van der Waals surface area contributed by atoms with Gasteiger partial charge in [0.1, 0.15) is 5.15 Å². The number of hydrogen-bond acceptors (Lipinski definition) is 2. The lowest BCUT2D eigenvalue weighted by Gasteiger charge is -2.24. The molecule has 1 aliphatic carbocycles. The van der Waals surface area contributed by atoms with Crippen LogP contribution in [-0.4, -0.2) is 17.6 Å². The van der Waals surface area contributed by atoms with E-state index in [1.54, 1.807) is 0 Å². The lowest BCUT2D eigenvalue weighted by atomic mass is 9.84. The van der Waals surface area contributed by atoms with E-state index in [0.717, 1.165) is 24.4 Å². The Morgan fingerprint density at radius 2 is 2.18 bits per heavy atom. The average molecular weight is 269 g/mol. The molecule has 0 aromatic carbocycles. The maximum absolute atomic E-state index is 6.01. The second-order valence-electron chi connectivity index (χ2n) is 4.76. The molecule has 0 amide bonds. The van der Waals surface area contributed by atoms with Crippen molar-refractivity contribution in [2.45, 2.75) is 25.3 Å². The van der Waals surface area contributed by atoms with Crippen molar-refractivity contribution in [1.82, 2.24) is 10.3 Å². The van der Waals surface area contributed by atoms with Crippen molar-refractivity contribution in [3.8, 4) is 0 Å². The van der Waals surface area contributed by atoms with E-state index in [9.17, 15) is 0 Å². The summed E-state index contributed by atoms with van der Waals surface area (Å²) in [5.41, 5.74) is 2.44. The maximum Gasteiger partial charge on any atom is 0.147 e. The van der Waals surface area contributed by atoms with Gasteiger partial charge in [-0.2, -0.15) is 0 Å². The Morgan fingerprint density at radius 3 is 3.00 bits per heavy atom. The van der Waals surface area contributed by atoms with Gasteiger partial charge in [0.05, 0.1) is 5.02 Å². The zero-order valence-corrected chi connectivity index (χ0v) is 10.9. The fourth-order valence-corrected chi connectivity index (χ4v) is 3.05. The molecule has 0 bridgehead atoms. The number of nitrogens with one attached hydrogen (secondary N) is 1. The second-order valence-corrected chi connectivity index (χ2v) is 5.52. The minimum absolute atomic E-state index is 0.378. The van der Waals surface area contributed by atoms with Crippen LogP contribution in [0.15, 0.2) is 18.3 Å². The standard InChI is InChI=1S/C13H14Cl2N2/c14-11-5-10(7-17-13(11)15)9-2-1-8-3-4-16-12(8)6-9/h5-8,12,16H,1-4H2/t8-,12-/m1/s1. The highest BCUT2D eigenvalue weighted by Gasteiger charge is 2.28. The van der Waals surface area contributed by atoms with Crippen LogP contribution in [0, 0.1) is 5.92 Å². The zero-order valence-electron chi connectivity index (χ0n) is 9.42. The van der Waals surface area contributed by atoms with Crippen LogP contribution >= 0.6 is 23.2 Å². The molecule has 2 atom stereocenters. The van der Waals surface area contributed by atoms with Crippen LogP contribution in [0.25, 0.3) is 5.57 Å². The molecule has 2 aliphatic rings. The molecule has 1 fully saturated rings. The van der Waals surface area contributed by atoms with Crippen molar-refractivity contribution < 1.29 is 0 Å². The van der Waals surface area contributed by atoms with Crippen molar-refractivity contribution in [3.63, 3.8) is 0 Å². The summed E-state index contributed by atoms with van der Waals surface area (Å²) in [5.74, 6) is 0.814. The monoisotopic (exact) mass is 268 g/mol. The van der Waals surface area contributed by atoms with E-state index >= 15 is 0 Å². The highest BCUT2D eigenvalue weighted by atomic mass is 35.5. The summed E-state index contributed by atoms with van der Waals surface area (Å²) in [6.45, 7) is 1.14. The summed E-state index contributed by atoms with van der Waals surface area (Å²) in [6, 6.07) is 2.45. The molecule has 2 nitrogen and oxygen atoms in total. The maximum atomic E-state index is 6.01. The van der Waals surface area contributed by atoms with E-state index in [-0.39, 0.29) is 0 Å². The molecule has 1 aliphatic heterocycles. The van der Waals surface area contributed by atoms with E-state index in [4.69, 9.17) is 23.2 Å². The van der Waals surface area contributed by atoms with Crippen LogP contribution in [0.3, 0.4) is 0 Å². The molecular formula is C13H14Cl2N2. The third-order valence-electron chi connectivity index (χ3n) is 3.74. The Hall–Kier alpha value is -0.570. The fraction of sp³-hybridized carbons (Fsp3) is 0.462. The van der Waals surface area contributed by atoms with Gasteiger partial charge in [-0.05, 0) is 48.9 Å². The molecule has 1 saturated heterocycles. The van der Waals surface area contributed by atoms with Gasteiger partial charge in [-0.1, -0.05) is 29.3 Å². The van der Waals surface area contributed by atoms with Crippen LogP contribution < -0.4 is 5.32 Å². The molecule has 17 heavy (non-hydrogen) atoms. The first kappa shape index (κ1) is 11.5. The summed E-state index contributed by atoms with van der Waals surface area (Å²) < 4.78 is 0. The molecule has 0 saturated carbocycles. The van der Waals surface area contributed by atoms with Gasteiger partial charge >= 0.3 is 0 Å². The van der Waals surface area contributed by atoms with E-state index in [1.165, 1.54) is 18.4 Å². The van der Waals surface area contributed by atoms with Gasteiger partial charge < -0.3 is 5.32 Å². The van der Waals surface area contributed by atoms with Crippen molar-refractivity contribution in [2.24, 2.45) is 5.92 Å². The number of rotatable bonds is 1. The Labute approximate surface area is 111 Å². The van der Waals surface area contributed by atoms with Crippen LogP contribution in [0.5, 0.6) is 0 Å². The van der Waals surface area contributed by atoms with Crippen molar-refractivity contribution in [2.75, 3.05) is 6.54 Å². The number of halogens is 2. The Bertz CT molecular complexity index is 470. The predicted molar refractivity (Wildman–Crippen MR) is 71.4 cm³/mol. The van der Waals surface area contributed by atoms with Gasteiger partial charge in [-0.15, -0.1) is 0 Å². The molecule has 1 aromatic rings. The lowest BCUT2D eigenvalue weighted by Crippen LogP contribution is -2.27. The fourth-order valence-electron chi connectivity index (χ4n) is 2.78. The highest BCUT2D eigenvalue weighted by Crippen LogP contribution is 2.35. The normalized spacial score (nSPS) is 27.8. The van der Waals surface area contributed by atoms with Crippen molar-refractivity contribution >= 4 is 28.8 Å². The van der Waals surface area contributed by atoms with Gasteiger partial charge in [0, 0.05) is 12.2 Å². The van der Waals surface area contributed by atoms with Gasteiger partial charge in [0.2, 0.25) is 0 Å². The molecule has 0 radical (unpaired) electrons. The summed E-state index contributed by atoms with van der Waals surface area (Å²) in [5, 5.41) is 4.44. The second kappa shape index (κ2) is 4.60. The topological polar surface area (TPSA) is 24.9 Å². The number of fused-ring (bicyclic) bond motifs is 1. The molecule has 90 valence electrons. The quantitative estimate of drug-likeness (QED) is 0.789. The van der Waals surface area contributed by atoms with Crippen LogP contribution in [0.4, 0.5) is 0 Å². The first-order chi connectivity index (χ1) is 8.24. The first-order valence-electron chi connectivity index (χ1n) is 5.99. The molecular weight excluding hydrogens is 255 g/mol. The minimum Gasteiger partial charge on any atom is -0.310 e. The average Bonchev–Trinajstić information content (AvgIpc) is 2.79. The van der Waals surface area contributed by atoms with Crippen LogP contribution in [0.2, 0.25) is 10.2 Å². The predicted octanol–water partition coefficient (Wildman–Crippen LogP) is 3.54. The number of pyridine rings is 1. The third-order valence-corrected chi connectivity index (χ3v) is 4.42. The van der Waals surface area contributed by atoms with Crippen molar-refractivity contribution in [1.29, 1.82) is 0 Å². The van der Waals surface area contributed by atoms with E-state index in [1.807, 2.05) is 12.3 Å². The smallest absolute Gasteiger partial charge is 0.147 e. The third kappa shape index (κ3) is 2.22. The van der Waals surface area contributed by atoms with Gasteiger partial charge in [-0.25, -0.2) is 4.98 Å². The summed E-state index contributed by atoms with van der Waals surface area (Å²) in [4.78, 5) is 4.11. The Kier molecular flexibility index (Phi) is 3.12. The van der Waals surface area contributed by atoms with Gasteiger partial charge in [0.25, 0.3) is 0 Å². The molecule has 2 heterocycles. The molecule has 1 N–H and O–H groups in total. The highest BCUT2D eigenvalue weighted by molar-refractivity contribution is 6.41. The first-order valence-corrected chi connectivity index (χ1v) is 6.75. The van der Waals surface area contributed by atoms with Gasteiger partial charge in [-0.3, -0.25) is 0 Å². The number of allylic oxidation sites excluding steroid dienone is 1. The van der Waals surface area contributed by atoms with E-state index < -0.39 is 0 Å². The van der Waals surface area contributed by atoms with Gasteiger partial charge in [0.15, 0.2) is 0 Å². The summed E-state index contributed by atoms with van der Waals surface area (Å²) >= 11 is 11.8. The lowest BCUT2D eigenvalue weighted by molar-refractivity contribution is 0.465. The SMILES string of the molecule is Clc1cc(C2=C[C@H]3NCC[C@H]3CC2)cnc1Cl. The largest absolute Gasteiger partial charge is 0.310 e. The Morgan fingerprint density at radius 1 is 1.29 bits per heavy atom. The van der Waals surface area contributed by atoms with E-state index in [0.29, 0.717) is 16.2 Å². The van der Waals surface area contributed by atoms with Crippen molar-refractivity contribution in [3.05, 3.63) is 34.1 Å². The summed E-state index contributed by atoms with van der Waals surface area (Å²) in [7, 11) is 0. The molecule has 3 rings (SSSR count). The van der Waals surface area contributed by atoms with E-state index in [2.05, 4.69) is 16.4 Å². The van der Waals surface area contributed by atoms with Crippen LogP contribution in [-0.2, 0) is 0 Å². The molecule has 4 heteroatoms. The number of hydrogen-bond donors (Lipinski definition) is 1. The molecule has 1 aromatic heterocycles. The van der Waals surface area contributed by atoms with Crippen LogP contribution in [0.1, 0.15) is 24.8 Å². The number of nitrogens with zero attached hydrogens (tertiary/aromatic N) is 1. The number of aromatic nitrogens is 1.